The first kappa shape index (κ1) is 31.9. The Hall–Kier alpha value is -1.47. The molecule has 0 bridgehead atoms. The third kappa shape index (κ3) is 5.48. The molecule has 0 spiro atoms. The van der Waals surface area contributed by atoms with E-state index in [1.165, 1.54) is 6.42 Å². The van der Waals surface area contributed by atoms with E-state index >= 15 is 0 Å². The van der Waals surface area contributed by atoms with E-state index < -0.39 is 12.2 Å². The molecule has 0 N–H and O–H groups in total. The number of Topliss-reactive ketones (excluding diaryl/α,β-unsaturated/α-hetero) is 1. The van der Waals surface area contributed by atoms with Gasteiger partial charge < -0.3 is 18.9 Å². The van der Waals surface area contributed by atoms with Gasteiger partial charge in [0.15, 0.2) is 5.78 Å². The first-order valence-electron chi connectivity index (χ1n) is 17.1. The lowest BCUT2D eigenvalue weighted by molar-refractivity contribution is -0.190. The van der Waals surface area contributed by atoms with Gasteiger partial charge in [-0.15, -0.1) is 0 Å². The van der Waals surface area contributed by atoms with Crippen LogP contribution in [0.5, 0.6) is 0 Å². The van der Waals surface area contributed by atoms with Gasteiger partial charge in [-0.3, -0.25) is 14.4 Å². The SMILES string of the molecule is CCC(=O)O[C@H]1C[C@@H]2C(=O)CO[C@@H]3[C@H](CC[C@]4(C)[C@@H]([C@H](C)[C@H]5O[C@@H]5[C@@H](CC)C(C)C)CC[C@@H]34)[C@@]2(C)C[C@H]1OC(=O)CC. The first-order chi connectivity index (χ1) is 19.9. The molecule has 0 amide bonds. The number of carbonyl (C=O) groups excluding carboxylic acids is 3. The molecule has 2 heterocycles. The Bertz CT molecular complexity index is 1020. The van der Waals surface area contributed by atoms with Gasteiger partial charge in [0.25, 0.3) is 0 Å². The fourth-order valence-electron chi connectivity index (χ4n) is 10.4. The second kappa shape index (κ2) is 12.1. The lowest BCUT2D eigenvalue weighted by Crippen LogP contribution is -2.57. The van der Waals surface area contributed by atoms with E-state index in [1.807, 2.05) is 0 Å². The number of ketones is 1. The van der Waals surface area contributed by atoms with E-state index in [1.54, 1.807) is 13.8 Å². The summed E-state index contributed by atoms with van der Waals surface area (Å²) in [6.07, 6.45) is 6.60. The number of fused-ring (bicyclic) bond motifs is 5. The molecule has 0 aromatic carbocycles. The predicted octanol–water partition coefficient (Wildman–Crippen LogP) is 6.54. The van der Waals surface area contributed by atoms with Crippen molar-refractivity contribution in [2.45, 2.75) is 144 Å². The molecular formula is C35H56O7. The van der Waals surface area contributed by atoms with Gasteiger partial charge in [0.05, 0.1) is 18.3 Å². The molecule has 238 valence electrons. The largest absolute Gasteiger partial charge is 0.458 e. The Kier molecular flexibility index (Phi) is 9.23. The zero-order chi connectivity index (χ0) is 30.6. The summed E-state index contributed by atoms with van der Waals surface area (Å²) < 4.78 is 24.8. The highest BCUT2D eigenvalue weighted by atomic mass is 16.6. The van der Waals surface area contributed by atoms with Crippen molar-refractivity contribution in [3.05, 3.63) is 0 Å². The van der Waals surface area contributed by atoms with Crippen LogP contribution in [0.15, 0.2) is 0 Å². The molecule has 7 heteroatoms. The minimum absolute atomic E-state index is 0.00661. The molecule has 0 aromatic rings. The van der Waals surface area contributed by atoms with Crippen LogP contribution in [-0.4, -0.2) is 54.8 Å². The van der Waals surface area contributed by atoms with Crippen molar-refractivity contribution in [1.29, 1.82) is 0 Å². The lowest BCUT2D eigenvalue weighted by Gasteiger charge is -2.56. The molecule has 5 rings (SSSR count). The monoisotopic (exact) mass is 588 g/mol. The van der Waals surface area contributed by atoms with Crippen LogP contribution in [0, 0.1) is 52.3 Å². The maximum Gasteiger partial charge on any atom is 0.305 e. The molecule has 0 aromatic heterocycles. The average Bonchev–Trinajstić information content (AvgIpc) is 3.66. The van der Waals surface area contributed by atoms with Gasteiger partial charge in [-0.1, -0.05) is 61.8 Å². The third-order valence-electron chi connectivity index (χ3n) is 12.9. The summed E-state index contributed by atoms with van der Waals surface area (Å²) in [6.45, 7) is 17.7. The van der Waals surface area contributed by atoms with Crippen LogP contribution in [0.4, 0.5) is 0 Å². The normalized spacial score (nSPS) is 44.3. The molecule has 2 saturated heterocycles. The topological polar surface area (TPSA) is 91.4 Å². The van der Waals surface area contributed by atoms with E-state index in [-0.39, 0.29) is 65.9 Å². The summed E-state index contributed by atoms with van der Waals surface area (Å²) in [5.74, 6) is 2.13. The zero-order valence-electron chi connectivity index (χ0n) is 27.4. The molecule has 3 saturated carbocycles. The van der Waals surface area contributed by atoms with E-state index in [0.29, 0.717) is 54.6 Å². The maximum absolute atomic E-state index is 13.7. The highest BCUT2D eigenvalue weighted by Gasteiger charge is 2.65. The van der Waals surface area contributed by atoms with E-state index in [2.05, 4.69) is 41.5 Å². The van der Waals surface area contributed by atoms with Gasteiger partial charge in [-0.25, -0.2) is 0 Å². The second-order valence-corrected chi connectivity index (χ2v) is 15.2. The number of hydrogen-bond donors (Lipinski definition) is 0. The van der Waals surface area contributed by atoms with Crippen molar-refractivity contribution in [3.63, 3.8) is 0 Å². The highest BCUT2D eigenvalue weighted by molar-refractivity contribution is 5.84. The number of ether oxygens (including phenoxy) is 4. The van der Waals surface area contributed by atoms with Crippen molar-refractivity contribution < 1.29 is 33.3 Å². The minimum Gasteiger partial charge on any atom is -0.458 e. The molecule has 13 atom stereocenters. The molecular weight excluding hydrogens is 532 g/mol. The van der Waals surface area contributed by atoms with Crippen LogP contribution < -0.4 is 0 Å². The molecule has 2 aliphatic heterocycles. The fourth-order valence-corrected chi connectivity index (χ4v) is 10.4. The Morgan fingerprint density at radius 2 is 1.55 bits per heavy atom. The molecule has 42 heavy (non-hydrogen) atoms. The van der Waals surface area contributed by atoms with Crippen LogP contribution >= 0.6 is 0 Å². The second-order valence-electron chi connectivity index (χ2n) is 15.2. The van der Waals surface area contributed by atoms with E-state index in [4.69, 9.17) is 18.9 Å². The standard InChI is InChI=1S/C35H56O7/c1-9-21(19(4)5)32-31(42-32)20(6)22-12-13-23-33-24(14-15-34(22,23)7)35(8)17-28(41-30(38)11-3)27(40-29(37)10-2)16-25(35)26(36)18-39-33/h19-25,27-28,31-33H,9-18H2,1-8H3/t20-,21-,22+,23-,24-,25+,27-,28+,31+,32+,33-,34+,35+/m0/s1. The van der Waals surface area contributed by atoms with Crippen LogP contribution in [0.2, 0.25) is 0 Å². The van der Waals surface area contributed by atoms with E-state index in [0.717, 1.165) is 25.7 Å². The van der Waals surface area contributed by atoms with E-state index in [9.17, 15) is 14.4 Å². The number of esters is 2. The van der Waals surface area contributed by atoms with Crippen LogP contribution in [0.3, 0.4) is 0 Å². The Morgan fingerprint density at radius 1 is 0.905 bits per heavy atom. The molecule has 3 aliphatic carbocycles. The third-order valence-corrected chi connectivity index (χ3v) is 12.9. The number of rotatable bonds is 9. The quantitative estimate of drug-likeness (QED) is 0.223. The summed E-state index contributed by atoms with van der Waals surface area (Å²) in [4.78, 5) is 38.5. The van der Waals surface area contributed by atoms with Crippen molar-refractivity contribution in [2.24, 2.45) is 52.3 Å². The molecule has 5 aliphatic rings. The van der Waals surface area contributed by atoms with Gasteiger partial charge in [0.2, 0.25) is 0 Å². The molecule has 0 radical (unpaired) electrons. The van der Waals surface area contributed by atoms with Crippen LogP contribution in [0.25, 0.3) is 0 Å². The van der Waals surface area contributed by atoms with Crippen molar-refractivity contribution >= 4 is 17.7 Å². The number of carbonyl (C=O) groups is 3. The van der Waals surface area contributed by atoms with Gasteiger partial charge in [0.1, 0.15) is 18.8 Å². The summed E-state index contributed by atoms with van der Waals surface area (Å²) in [7, 11) is 0. The number of hydrogen-bond acceptors (Lipinski definition) is 7. The molecule has 0 unspecified atom stereocenters. The Balaban J connectivity index is 1.38. The summed E-state index contributed by atoms with van der Waals surface area (Å²) in [6, 6.07) is 0. The van der Waals surface area contributed by atoms with Gasteiger partial charge in [-0.05, 0) is 84.9 Å². The van der Waals surface area contributed by atoms with Crippen molar-refractivity contribution in [1.82, 2.24) is 0 Å². The summed E-state index contributed by atoms with van der Waals surface area (Å²) in [5.41, 5.74) is -0.231. The lowest BCUT2D eigenvalue weighted by atomic mass is 9.50. The predicted molar refractivity (Wildman–Crippen MR) is 159 cm³/mol. The minimum atomic E-state index is -0.596. The average molecular weight is 589 g/mol. The van der Waals surface area contributed by atoms with Gasteiger partial charge >= 0.3 is 11.9 Å². The van der Waals surface area contributed by atoms with Crippen molar-refractivity contribution in [2.75, 3.05) is 6.61 Å². The zero-order valence-corrected chi connectivity index (χ0v) is 27.4. The fraction of sp³-hybridized carbons (Fsp3) is 0.914. The summed E-state index contributed by atoms with van der Waals surface area (Å²) in [5, 5.41) is 0. The smallest absolute Gasteiger partial charge is 0.305 e. The van der Waals surface area contributed by atoms with Crippen LogP contribution in [0.1, 0.15) is 113 Å². The number of epoxide rings is 1. The highest BCUT2D eigenvalue weighted by Crippen LogP contribution is 2.65. The Morgan fingerprint density at radius 3 is 2.17 bits per heavy atom. The molecule has 5 fully saturated rings. The first-order valence-corrected chi connectivity index (χ1v) is 17.1. The van der Waals surface area contributed by atoms with Gasteiger partial charge in [-0.2, -0.15) is 0 Å². The van der Waals surface area contributed by atoms with Crippen molar-refractivity contribution in [3.8, 4) is 0 Å². The van der Waals surface area contributed by atoms with Crippen LogP contribution in [-0.2, 0) is 33.3 Å². The van der Waals surface area contributed by atoms with Gasteiger partial charge in [0, 0.05) is 18.8 Å². The molecule has 7 nitrogen and oxygen atoms in total. The summed E-state index contributed by atoms with van der Waals surface area (Å²) >= 11 is 0. The maximum atomic E-state index is 13.7. The Labute approximate surface area is 253 Å².